The van der Waals surface area contributed by atoms with Crippen LogP contribution in [0.15, 0.2) is 48.5 Å². The number of nitrogens with two attached hydrogens (primary N) is 2. The monoisotopic (exact) mass is 303 g/mol. The molecule has 0 radical (unpaired) electrons. The number of halogens is 1. The summed E-state index contributed by atoms with van der Waals surface area (Å²) in [6, 6.07) is 12.6. The SMILES string of the molecule is NC(=O)c1cc(NC(=O)[C@H](N)c2ccccc2)ccc1Cl. The number of amides is 2. The maximum Gasteiger partial charge on any atom is 0.250 e. The third-order valence-electron chi connectivity index (χ3n) is 2.94. The highest BCUT2D eigenvalue weighted by atomic mass is 35.5. The summed E-state index contributed by atoms with van der Waals surface area (Å²) >= 11 is 5.85. The van der Waals surface area contributed by atoms with E-state index in [9.17, 15) is 9.59 Å². The van der Waals surface area contributed by atoms with E-state index in [1.165, 1.54) is 12.1 Å². The van der Waals surface area contributed by atoms with Gasteiger partial charge in [-0.2, -0.15) is 0 Å². The molecule has 0 heterocycles. The molecular weight excluding hydrogens is 290 g/mol. The van der Waals surface area contributed by atoms with Crippen molar-refractivity contribution >= 4 is 29.1 Å². The van der Waals surface area contributed by atoms with Gasteiger partial charge in [-0.05, 0) is 23.8 Å². The Hall–Kier alpha value is -2.37. The van der Waals surface area contributed by atoms with Crippen LogP contribution in [-0.2, 0) is 4.79 Å². The highest BCUT2D eigenvalue weighted by Gasteiger charge is 2.16. The first-order chi connectivity index (χ1) is 9.99. The molecule has 0 aliphatic carbocycles. The molecule has 0 aliphatic rings. The minimum atomic E-state index is -0.807. The van der Waals surface area contributed by atoms with Gasteiger partial charge in [-0.1, -0.05) is 41.9 Å². The van der Waals surface area contributed by atoms with Crippen molar-refractivity contribution in [2.75, 3.05) is 5.32 Å². The molecule has 2 aromatic rings. The molecule has 0 spiro atoms. The van der Waals surface area contributed by atoms with E-state index in [4.69, 9.17) is 23.1 Å². The number of nitrogens with one attached hydrogen (secondary N) is 1. The standard InChI is InChI=1S/C15H14ClN3O2/c16-12-7-6-10(8-11(12)14(18)20)19-15(21)13(17)9-4-2-1-3-5-9/h1-8,13H,17H2,(H2,18,20)(H,19,21)/t13-/m1/s1. The van der Waals surface area contributed by atoms with Crippen molar-refractivity contribution in [3.05, 3.63) is 64.7 Å². The number of carbonyl (C=O) groups excluding carboxylic acids is 2. The van der Waals surface area contributed by atoms with Gasteiger partial charge in [-0.3, -0.25) is 9.59 Å². The molecule has 0 aliphatic heterocycles. The Morgan fingerprint density at radius 3 is 2.38 bits per heavy atom. The highest BCUT2D eigenvalue weighted by molar-refractivity contribution is 6.34. The van der Waals surface area contributed by atoms with Crippen LogP contribution in [-0.4, -0.2) is 11.8 Å². The second kappa shape index (κ2) is 6.39. The molecule has 0 aromatic heterocycles. The quantitative estimate of drug-likeness (QED) is 0.806. The minimum Gasteiger partial charge on any atom is -0.366 e. The maximum atomic E-state index is 12.1. The van der Waals surface area contributed by atoms with Crippen molar-refractivity contribution in [2.24, 2.45) is 11.5 Å². The fraction of sp³-hybridized carbons (Fsp3) is 0.0667. The molecule has 0 fully saturated rings. The van der Waals surface area contributed by atoms with Crippen LogP contribution in [0.25, 0.3) is 0 Å². The van der Waals surface area contributed by atoms with Gasteiger partial charge < -0.3 is 16.8 Å². The van der Waals surface area contributed by atoms with E-state index in [0.717, 1.165) is 0 Å². The average molecular weight is 304 g/mol. The summed E-state index contributed by atoms with van der Waals surface area (Å²) in [4.78, 5) is 23.3. The zero-order valence-corrected chi connectivity index (χ0v) is 11.8. The van der Waals surface area contributed by atoms with Crippen molar-refractivity contribution < 1.29 is 9.59 Å². The first-order valence-electron chi connectivity index (χ1n) is 6.20. The van der Waals surface area contributed by atoms with Gasteiger partial charge >= 0.3 is 0 Å². The molecule has 6 heteroatoms. The van der Waals surface area contributed by atoms with Gasteiger partial charge in [0.15, 0.2) is 0 Å². The molecular formula is C15H14ClN3O2. The molecule has 5 N–H and O–H groups in total. The summed E-state index contributed by atoms with van der Waals surface area (Å²) in [5.74, 6) is -1.05. The number of hydrogen-bond donors (Lipinski definition) is 3. The van der Waals surface area contributed by atoms with Crippen LogP contribution in [0.5, 0.6) is 0 Å². The van der Waals surface area contributed by atoms with E-state index in [1.54, 1.807) is 30.3 Å². The van der Waals surface area contributed by atoms with E-state index in [1.807, 2.05) is 6.07 Å². The first kappa shape index (κ1) is 15.0. The van der Waals surface area contributed by atoms with Gasteiger partial charge in [-0.15, -0.1) is 0 Å². The van der Waals surface area contributed by atoms with Crippen molar-refractivity contribution in [2.45, 2.75) is 6.04 Å². The van der Waals surface area contributed by atoms with Crippen LogP contribution in [0.3, 0.4) is 0 Å². The Bertz CT molecular complexity index is 674. The predicted molar refractivity (Wildman–Crippen MR) is 82.0 cm³/mol. The third-order valence-corrected chi connectivity index (χ3v) is 3.27. The lowest BCUT2D eigenvalue weighted by molar-refractivity contribution is -0.117. The number of anilines is 1. The molecule has 0 unspecified atom stereocenters. The van der Waals surface area contributed by atoms with E-state index in [-0.39, 0.29) is 16.5 Å². The summed E-state index contributed by atoms with van der Waals surface area (Å²) < 4.78 is 0. The maximum absolute atomic E-state index is 12.1. The molecule has 0 saturated carbocycles. The molecule has 2 amide bonds. The Kier molecular flexibility index (Phi) is 4.57. The van der Waals surface area contributed by atoms with Crippen LogP contribution in [0, 0.1) is 0 Å². The molecule has 5 nitrogen and oxygen atoms in total. The average Bonchev–Trinajstić information content (AvgIpc) is 2.49. The highest BCUT2D eigenvalue weighted by Crippen LogP contribution is 2.21. The Morgan fingerprint density at radius 2 is 1.76 bits per heavy atom. The topological polar surface area (TPSA) is 98.2 Å². The van der Waals surface area contributed by atoms with E-state index in [2.05, 4.69) is 5.32 Å². The zero-order chi connectivity index (χ0) is 15.4. The van der Waals surface area contributed by atoms with Crippen LogP contribution in [0.2, 0.25) is 5.02 Å². The summed E-state index contributed by atoms with van der Waals surface area (Å²) in [7, 11) is 0. The Balaban J connectivity index is 2.16. The molecule has 108 valence electrons. The number of rotatable bonds is 4. The fourth-order valence-corrected chi connectivity index (χ4v) is 2.03. The van der Waals surface area contributed by atoms with Crippen molar-refractivity contribution in [3.8, 4) is 0 Å². The second-order valence-electron chi connectivity index (χ2n) is 4.44. The van der Waals surface area contributed by atoms with Crippen LogP contribution in [0.4, 0.5) is 5.69 Å². The van der Waals surface area contributed by atoms with Crippen molar-refractivity contribution in [1.82, 2.24) is 0 Å². The van der Waals surface area contributed by atoms with E-state index >= 15 is 0 Å². The Labute approximate surface area is 126 Å². The minimum absolute atomic E-state index is 0.141. The van der Waals surface area contributed by atoms with Crippen molar-refractivity contribution in [1.29, 1.82) is 0 Å². The van der Waals surface area contributed by atoms with Gasteiger partial charge in [0.1, 0.15) is 6.04 Å². The molecule has 0 bridgehead atoms. The van der Waals surface area contributed by atoms with Crippen molar-refractivity contribution in [3.63, 3.8) is 0 Å². The first-order valence-corrected chi connectivity index (χ1v) is 6.57. The largest absolute Gasteiger partial charge is 0.366 e. The lowest BCUT2D eigenvalue weighted by Gasteiger charge is -2.13. The molecule has 2 aromatic carbocycles. The normalized spacial score (nSPS) is 11.7. The summed E-state index contributed by atoms with van der Waals surface area (Å²) in [5.41, 5.74) is 12.3. The number of hydrogen-bond acceptors (Lipinski definition) is 3. The molecule has 21 heavy (non-hydrogen) atoms. The Morgan fingerprint density at radius 1 is 1.10 bits per heavy atom. The van der Waals surface area contributed by atoms with Crippen LogP contribution < -0.4 is 16.8 Å². The summed E-state index contributed by atoms with van der Waals surface area (Å²) in [5, 5.41) is 2.86. The van der Waals surface area contributed by atoms with Gasteiger partial charge in [-0.25, -0.2) is 0 Å². The zero-order valence-electron chi connectivity index (χ0n) is 11.0. The van der Waals surface area contributed by atoms with Gasteiger partial charge in [0, 0.05) is 5.69 Å². The lowest BCUT2D eigenvalue weighted by Crippen LogP contribution is -2.27. The third kappa shape index (κ3) is 3.59. The fourth-order valence-electron chi connectivity index (χ4n) is 1.82. The number of benzene rings is 2. The predicted octanol–water partition coefficient (Wildman–Crippen LogP) is 2.08. The second-order valence-corrected chi connectivity index (χ2v) is 4.84. The van der Waals surface area contributed by atoms with Crippen LogP contribution >= 0.6 is 11.6 Å². The van der Waals surface area contributed by atoms with Crippen LogP contribution in [0.1, 0.15) is 22.0 Å². The molecule has 2 rings (SSSR count). The van der Waals surface area contributed by atoms with E-state index in [0.29, 0.717) is 11.3 Å². The summed E-state index contributed by atoms with van der Waals surface area (Å²) in [6.07, 6.45) is 0. The number of primary amides is 1. The molecule has 1 atom stereocenters. The number of carbonyl (C=O) groups is 2. The van der Waals surface area contributed by atoms with Gasteiger partial charge in [0.05, 0.1) is 10.6 Å². The summed E-state index contributed by atoms with van der Waals surface area (Å²) in [6.45, 7) is 0. The van der Waals surface area contributed by atoms with Gasteiger partial charge in [0.2, 0.25) is 11.8 Å². The smallest absolute Gasteiger partial charge is 0.250 e. The molecule has 0 saturated heterocycles. The van der Waals surface area contributed by atoms with E-state index < -0.39 is 11.9 Å². The van der Waals surface area contributed by atoms with Gasteiger partial charge in [0.25, 0.3) is 0 Å². The lowest BCUT2D eigenvalue weighted by atomic mass is 10.1.